The lowest BCUT2D eigenvalue weighted by molar-refractivity contribution is -0.138. The van der Waals surface area contributed by atoms with Crippen molar-refractivity contribution in [1.29, 1.82) is 0 Å². The number of piperazine rings is 1. The number of amides is 4. The van der Waals surface area contributed by atoms with Gasteiger partial charge >= 0.3 is 0 Å². The minimum atomic E-state index is -0.400. The molecule has 0 unspecified atom stereocenters. The Morgan fingerprint density at radius 2 is 1.73 bits per heavy atom. The van der Waals surface area contributed by atoms with Gasteiger partial charge in [-0.05, 0) is 60.1 Å². The molecule has 1 aromatic carbocycles. The number of halogens is 2. The standard InChI is InChI=1S/C24H29BrClN7O4/c1-30-19(25)13-28-21(30)22(35)29-16-2-3-17(18(26)12-16)24(37)33-10-8-32(9-11-33)23(36)15-4-6-31(7-5-15)14-20(27)34/h2-3,12-13,15H,4-11,14H2,1H3,(H2,27,34)(H,29,35). The number of nitrogens with zero attached hydrogens (tertiary/aromatic N) is 5. The van der Waals surface area contributed by atoms with Gasteiger partial charge in [0.05, 0.1) is 23.3 Å². The van der Waals surface area contributed by atoms with Crippen LogP contribution in [0.3, 0.4) is 0 Å². The van der Waals surface area contributed by atoms with Crippen molar-refractivity contribution in [1.82, 2.24) is 24.3 Å². The van der Waals surface area contributed by atoms with Crippen LogP contribution < -0.4 is 11.1 Å². The Balaban J connectivity index is 1.30. The number of carbonyl (C=O) groups excluding carboxylic acids is 4. The average Bonchev–Trinajstić information content (AvgIpc) is 3.21. The van der Waals surface area contributed by atoms with Crippen molar-refractivity contribution in [2.45, 2.75) is 12.8 Å². The largest absolute Gasteiger partial charge is 0.369 e. The van der Waals surface area contributed by atoms with Crippen LogP contribution in [0.5, 0.6) is 0 Å². The van der Waals surface area contributed by atoms with E-state index in [9.17, 15) is 19.2 Å². The highest BCUT2D eigenvalue weighted by atomic mass is 79.9. The zero-order valence-corrected chi connectivity index (χ0v) is 22.8. The predicted molar refractivity (Wildman–Crippen MR) is 141 cm³/mol. The zero-order chi connectivity index (χ0) is 26.7. The summed E-state index contributed by atoms with van der Waals surface area (Å²) >= 11 is 9.71. The number of anilines is 1. The number of hydrogen-bond acceptors (Lipinski definition) is 6. The number of rotatable bonds is 6. The lowest BCUT2D eigenvalue weighted by Crippen LogP contribution is -2.53. The minimum absolute atomic E-state index is 0.0737. The first-order chi connectivity index (χ1) is 17.6. The van der Waals surface area contributed by atoms with E-state index in [2.05, 4.69) is 26.2 Å². The number of primary amides is 1. The fourth-order valence-corrected chi connectivity index (χ4v) is 5.20. The van der Waals surface area contributed by atoms with Crippen molar-refractivity contribution in [3.63, 3.8) is 0 Å². The molecule has 0 aliphatic carbocycles. The van der Waals surface area contributed by atoms with E-state index in [1.54, 1.807) is 28.6 Å². The summed E-state index contributed by atoms with van der Waals surface area (Å²) in [5.41, 5.74) is 6.04. The van der Waals surface area contributed by atoms with Gasteiger partial charge < -0.3 is 25.4 Å². The third-order valence-electron chi connectivity index (χ3n) is 6.79. The van der Waals surface area contributed by atoms with Crippen LogP contribution in [0.1, 0.15) is 33.8 Å². The maximum atomic E-state index is 13.1. The first-order valence-electron chi connectivity index (χ1n) is 12.0. The number of aromatic nitrogens is 2. The Morgan fingerprint density at radius 1 is 1.08 bits per heavy atom. The van der Waals surface area contributed by atoms with E-state index >= 15 is 0 Å². The highest BCUT2D eigenvalue weighted by molar-refractivity contribution is 9.10. The topological polar surface area (TPSA) is 134 Å². The molecule has 198 valence electrons. The Hall–Kier alpha value is -2.96. The molecule has 11 nitrogen and oxygen atoms in total. The SMILES string of the molecule is Cn1c(Br)cnc1C(=O)Nc1ccc(C(=O)N2CCN(C(=O)C3CCN(CC(N)=O)CC3)CC2)c(Cl)c1. The lowest BCUT2D eigenvalue weighted by Gasteiger charge is -2.38. The molecule has 2 aliphatic heterocycles. The normalized spacial score (nSPS) is 17.1. The van der Waals surface area contributed by atoms with E-state index in [4.69, 9.17) is 17.3 Å². The first-order valence-corrected chi connectivity index (χ1v) is 13.2. The highest BCUT2D eigenvalue weighted by Crippen LogP contribution is 2.25. The fraction of sp³-hybridized carbons (Fsp3) is 0.458. The quantitative estimate of drug-likeness (QED) is 0.522. The van der Waals surface area contributed by atoms with Crippen molar-refractivity contribution in [3.05, 3.63) is 45.4 Å². The Labute approximate surface area is 228 Å². The maximum Gasteiger partial charge on any atom is 0.291 e. The van der Waals surface area contributed by atoms with E-state index in [0.717, 1.165) is 0 Å². The summed E-state index contributed by atoms with van der Waals surface area (Å²) < 4.78 is 2.27. The van der Waals surface area contributed by atoms with Gasteiger partial charge in [0.15, 0.2) is 5.82 Å². The van der Waals surface area contributed by atoms with Crippen molar-refractivity contribution >= 4 is 56.8 Å². The zero-order valence-electron chi connectivity index (χ0n) is 20.5. The number of hydrogen-bond donors (Lipinski definition) is 2. The molecule has 1 aromatic heterocycles. The second-order valence-electron chi connectivity index (χ2n) is 9.25. The summed E-state index contributed by atoms with van der Waals surface area (Å²) in [7, 11) is 1.71. The van der Waals surface area contributed by atoms with Crippen molar-refractivity contribution in [2.24, 2.45) is 18.7 Å². The van der Waals surface area contributed by atoms with E-state index < -0.39 is 5.91 Å². The molecule has 4 amide bonds. The van der Waals surface area contributed by atoms with Crippen LogP contribution in [-0.2, 0) is 16.6 Å². The van der Waals surface area contributed by atoms with E-state index in [1.807, 2.05) is 9.80 Å². The smallest absolute Gasteiger partial charge is 0.291 e. The molecule has 0 saturated carbocycles. The van der Waals surface area contributed by atoms with Gasteiger partial charge in [-0.1, -0.05) is 11.6 Å². The molecule has 2 fully saturated rings. The molecule has 37 heavy (non-hydrogen) atoms. The van der Waals surface area contributed by atoms with Crippen LogP contribution >= 0.6 is 27.5 Å². The maximum absolute atomic E-state index is 13.1. The molecule has 2 saturated heterocycles. The number of carbonyl (C=O) groups is 4. The molecular weight excluding hydrogens is 566 g/mol. The average molecular weight is 595 g/mol. The molecule has 4 rings (SSSR count). The summed E-state index contributed by atoms with van der Waals surface area (Å²) in [5.74, 6) is -0.723. The number of nitrogens with one attached hydrogen (secondary N) is 1. The van der Waals surface area contributed by atoms with Gasteiger partial charge in [-0.15, -0.1) is 0 Å². The monoisotopic (exact) mass is 593 g/mol. The number of piperidine rings is 1. The Kier molecular flexibility index (Phi) is 8.50. The van der Waals surface area contributed by atoms with Crippen molar-refractivity contribution < 1.29 is 19.2 Å². The summed E-state index contributed by atoms with van der Waals surface area (Å²) in [6.07, 6.45) is 2.93. The van der Waals surface area contributed by atoms with Gasteiger partial charge in [0, 0.05) is 44.8 Å². The second-order valence-corrected chi connectivity index (χ2v) is 10.5. The van der Waals surface area contributed by atoms with Gasteiger partial charge in [-0.3, -0.25) is 24.1 Å². The number of nitrogens with two attached hydrogens (primary N) is 1. The van der Waals surface area contributed by atoms with Gasteiger partial charge in [0.1, 0.15) is 4.60 Å². The molecule has 13 heteroatoms. The number of benzene rings is 1. The van der Waals surface area contributed by atoms with Gasteiger partial charge in [-0.25, -0.2) is 4.98 Å². The molecule has 3 heterocycles. The summed E-state index contributed by atoms with van der Waals surface area (Å²) in [6, 6.07) is 4.75. The summed E-state index contributed by atoms with van der Waals surface area (Å²) in [6.45, 7) is 3.30. The predicted octanol–water partition coefficient (Wildman–Crippen LogP) is 1.57. The summed E-state index contributed by atoms with van der Waals surface area (Å²) in [5, 5.41) is 2.96. The third-order valence-corrected chi connectivity index (χ3v) is 7.84. The molecular formula is C24H29BrClN7O4. The van der Waals surface area contributed by atoms with Crippen LogP contribution in [0.15, 0.2) is 29.0 Å². The Morgan fingerprint density at radius 3 is 2.30 bits per heavy atom. The van der Waals surface area contributed by atoms with E-state index in [1.165, 1.54) is 12.3 Å². The molecule has 3 N–H and O–H groups in total. The second kappa shape index (κ2) is 11.6. The van der Waals surface area contributed by atoms with Crippen LogP contribution in [0.2, 0.25) is 5.02 Å². The van der Waals surface area contributed by atoms with Crippen LogP contribution in [0, 0.1) is 5.92 Å². The van der Waals surface area contributed by atoms with Crippen molar-refractivity contribution in [2.75, 3.05) is 51.1 Å². The van der Waals surface area contributed by atoms with Crippen LogP contribution in [0.4, 0.5) is 5.69 Å². The molecule has 0 spiro atoms. The van der Waals surface area contributed by atoms with Crippen LogP contribution in [0.25, 0.3) is 0 Å². The van der Waals surface area contributed by atoms with Gasteiger partial charge in [0.2, 0.25) is 11.8 Å². The minimum Gasteiger partial charge on any atom is -0.369 e. The van der Waals surface area contributed by atoms with E-state index in [-0.39, 0.29) is 41.0 Å². The lowest BCUT2D eigenvalue weighted by atomic mass is 9.95. The summed E-state index contributed by atoms with van der Waals surface area (Å²) in [4.78, 5) is 59.2. The fourth-order valence-electron chi connectivity index (χ4n) is 4.67. The Bertz CT molecular complexity index is 1200. The van der Waals surface area contributed by atoms with Crippen LogP contribution in [-0.4, -0.2) is 93.7 Å². The van der Waals surface area contributed by atoms with Crippen molar-refractivity contribution in [3.8, 4) is 0 Å². The molecule has 0 bridgehead atoms. The number of likely N-dealkylation sites (tertiary alicyclic amines) is 1. The first kappa shape index (κ1) is 27.1. The highest BCUT2D eigenvalue weighted by Gasteiger charge is 2.32. The number of imidazole rings is 1. The third kappa shape index (κ3) is 6.31. The molecule has 0 atom stereocenters. The van der Waals surface area contributed by atoms with Gasteiger partial charge in [-0.2, -0.15) is 0 Å². The molecule has 0 radical (unpaired) electrons. The molecule has 2 aromatic rings. The van der Waals surface area contributed by atoms with Gasteiger partial charge in [0.25, 0.3) is 11.8 Å². The van der Waals surface area contributed by atoms with E-state index in [0.29, 0.717) is 68.0 Å². The molecule has 2 aliphatic rings.